The summed E-state index contributed by atoms with van der Waals surface area (Å²) in [7, 11) is 1.55. The van der Waals surface area contributed by atoms with E-state index in [-0.39, 0.29) is 17.7 Å². The van der Waals surface area contributed by atoms with Crippen molar-refractivity contribution in [3.05, 3.63) is 29.8 Å². The first-order valence-corrected chi connectivity index (χ1v) is 10.2. The molecule has 2 aliphatic rings. The van der Waals surface area contributed by atoms with Gasteiger partial charge in [-0.3, -0.25) is 9.59 Å². The molecular formula is C22H32N2O3. The number of fused-ring (bicyclic) bond motifs is 1. The molecule has 2 fully saturated rings. The third kappa shape index (κ3) is 4.45. The van der Waals surface area contributed by atoms with Crippen LogP contribution in [0.2, 0.25) is 0 Å². The van der Waals surface area contributed by atoms with Gasteiger partial charge in [-0.15, -0.1) is 0 Å². The molecule has 0 bridgehead atoms. The van der Waals surface area contributed by atoms with Crippen LogP contribution in [0.4, 0.5) is 0 Å². The van der Waals surface area contributed by atoms with Crippen molar-refractivity contribution in [2.24, 2.45) is 17.8 Å². The first-order valence-electron chi connectivity index (χ1n) is 10.2. The fourth-order valence-corrected chi connectivity index (χ4v) is 4.56. The van der Waals surface area contributed by atoms with Gasteiger partial charge in [-0.2, -0.15) is 0 Å². The fraction of sp³-hybridized carbons (Fsp3) is 0.636. The molecular weight excluding hydrogens is 340 g/mol. The Balaban J connectivity index is 1.69. The molecule has 0 aromatic heterocycles. The number of likely N-dealkylation sites (tertiary alicyclic amines) is 1. The SMILES string of the molecule is COc1ccccc1C(=O)N[C@H](C(=O)N1CC[C@H]2CCCC[C@H]2C1)C(C)C. The van der Waals surface area contributed by atoms with Crippen molar-refractivity contribution in [1.82, 2.24) is 10.2 Å². The van der Waals surface area contributed by atoms with Crippen LogP contribution in [0.25, 0.3) is 0 Å². The Kier molecular flexibility index (Phi) is 6.40. The van der Waals surface area contributed by atoms with Crippen LogP contribution in [0.3, 0.4) is 0 Å². The average Bonchev–Trinajstić information content (AvgIpc) is 2.70. The highest BCUT2D eigenvalue weighted by molar-refractivity contribution is 5.99. The van der Waals surface area contributed by atoms with E-state index < -0.39 is 6.04 Å². The lowest BCUT2D eigenvalue weighted by Crippen LogP contribution is -2.54. The number of rotatable bonds is 5. The Hall–Kier alpha value is -2.04. The summed E-state index contributed by atoms with van der Waals surface area (Å²) < 4.78 is 5.29. The van der Waals surface area contributed by atoms with Crippen molar-refractivity contribution in [3.8, 4) is 5.75 Å². The Labute approximate surface area is 162 Å². The summed E-state index contributed by atoms with van der Waals surface area (Å²) in [4.78, 5) is 28.0. The van der Waals surface area contributed by atoms with Gasteiger partial charge in [0.25, 0.3) is 5.91 Å². The quantitative estimate of drug-likeness (QED) is 0.861. The smallest absolute Gasteiger partial charge is 0.255 e. The standard InChI is InChI=1S/C22H32N2O3/c1-15(2)20(23-21(25)18-10-6-7-11-19(18)27-3)22(26)24-13-12-16-8-4-5-9-17(16)14-24/h6-7,10-11,15-17,20H,4-5,8-9,12-14H2,1-3H3,(H,23,25)/t16-,17+,20+/m1/s1. The molecule has 1 heterocycles. The maximum absolute atomic E-state index is 13.2. The number of ether oxygens (including phenoxy) is 1. The number of hydrogen-bond donors (Lipinski definition) is 1. The van der Waals surface area contributed by atoms with Gasteiger partial charge in [0, 0.05) is 13.1 Å². The lowest BCUT2D eigenvalue weighted by molar-refractivity contribution is -0.137. The van der Waals surface area contributed by atoms with Crippen LogP contribution in [0.5, 0.6) is 5.75 Å². The van der Waals surface area contributed by atoms with Crippen molar-refractivity contribution >= 4 is 11.8 Å². The van der Waals surface area contributed by atoms with E-state index >= 15 is 0 Å². The van der Waals surface area contributed by atoms with E-state index in [0.29, 0.717) is 17.2 Å². The first-order chi connectivity index (χ1) is 13.0. The van der Waals surface area contributed by atoms with Crippen LogP contribution in [0, 0.1) is 17.8 Å². The maximum atomic E-state index is 13.2. The minimum atomic E-state index is -0.512. The molecule has 1 N–H and O–H groups in total. The molecule has 1 aliphatic heterocycles. The van der Waals surface area contributed by atoms with Gasteiger partial charge in [0.1, 0.15) is 11.8 Å². The molecule has 1 saturated carbocycles. The number of hydrogen-bond acceptors (Lipinski definition) is 3. The van der Waals surface area contributed by atoms with Crippen molar-refractivity contribution in [3.63, 3.8) is 0 Å². The Bertz CT molecular complexity index is 673. The predicted octanol–water partition coefficient (Wildman–Crippen LogP) is 3.49. The zero-order chi connectivity index (χ0) is 19.4. The van der Waals surface area contributed by atoms with E-state index in [1.165, 1.54) is 25.7 Å². The molecule has 27 heavy (non-hydrogen) atoms. The Morgan fingerprint density at radius 3 is 2.52 bits per heavy atom. The van der Waals surface area contributed by atoms with Crippen LogP contribution >= 0.6 is 0 Å². The Morgan fingerprint density at radius 2 is 1.81 bits per heavy atom. The number of nitrogens with one attached hydrogen (secondary N) is 1. The molecule has 3 rings (SSSR count). The van der Waals surface area contributed by atoms with E-state index in [0.717, 1.165) is 25.4 Å². The third-order valence-corrected chi connectivity index (χ3v) is 6.17. The molecule has 3 atom stereocenters. The summed E-state index contributed by atoms with van der Waals surface area (Å²) in [5.41, 5.74) is 0.462. The van der Waals surface area contributed by atoms with E-state index in [1.54, 1.807) is 25.3 Å². The van der Waals surface area contributed by atoms with E-state index in [4.69, 9.17) is 4.74 Å². The van der Waals surface area contributed by atoms with E-state index in [9.17, 15) is 9.59 Å². The van der Waals surface area contributed by atoms with Gasteiger partial charge in [0.15, 0.2) is 0 Å². The lowest BCUT2D eigenvalue weighted by atomic mass is 9.75. The second kappa shape index (κ2) is 8.77. The molecule has 5 heteroatoms. The second-order valence-corrected chi connectivity index (χ2v) is 8.27. The molecule has 1 aliphatic carbocycles. The highest BCUT2D eigenvalue weighted by Crippen LogP contribution is 2.36. The molecule has 5 nitrogen and oxygen atoms in total. The zero-order valence-electron chi connectivity index (χ0n) is 16.7. The molecule has 0 spiro atoms. The summed E-state index contributed by atoms with van der Waals surface area (Å²) >= 11 is 0. The van der Waals surface area contributed by atoms with Gasteiger partial charge in [-0.05, 0) is 42.7 Å². The molecule has 0 unspecified atom stereocenters. The summed E-state index contributed by atoms with van der Waals surface area (Å²) in [5.74, 6) is 1.76. The molecule has 148 valence electrons. The van der Waals surface area contributed by atoms with Gasteiger partial charge >= 0.3 is 0 Å². The van der Waals surface area contributed by atoms with Crippen LogP contribution in [-0.2, 0) is 4.79 Å². The van der Waals surface area contributed by atoms with Crippen LogP contribution in [0.1, 0.15) is 56.3 Å². The lowest BCUT2D eigenvalue weighted by Gasteiger charge is -2.42. The third-order valence-electron chi connectivity index (χ3n) is 6.17. The first kappa shape index (κ1) is 19.7. The number of carbonyl (C=O) groups excluding carboxylic acids is 2. The van der Waals surface area contributed by atoms with Crippen LogP contribution in [0.15, 0.2) is 24.3 Å². The van der Waals surface area contributed by atoms with Crippen molar-refractivity contribution in [2.45, 2.75) is 52.0 Å². The number of amides is 2. The predicted molar refractivity (Wildman–Crippen MR) is 106 cm³/mol. The zero-order valence-corrected chi connectivity index (χ0v) is 16.7. The monoisotopic (exact) mass is 372 g/mol. The van der Waals surface area contributed by atoms with Gasteiger partial charge < -0.3 is 15.0 Å². The summed E-state index contributed by atoms with van der Waals surface area (Å²) in [5, 5.41) is 2.97. The maximum Gasteiger partial charge on any atom is 0.255 e. The van der Waals surface area contributed by atoms with Gasteiger partial charge in [0.2, 0.25) is 5.91 Å². The number of nitrogens with zero attached hydrogens (tertiary/aromatic N) is 1. The summed E-state index contributed by atoms with van der Waals surface area (Å²) in [6.07, 6.45) is 6.25. The van der Waals surface area contributed by atoms with Crippen molar-refractivity contribution in [1.29, 1.82) is 0 Å². The fourth-order valence-electron chi connectivity index (χ4n) is 4.56. The number of para-hydroxylation sites is 1. The normalized spacial score (nSPS) is 23.5. The van der Waals surface area contributed by atoms with Gasteiger partial charge in [-0.1, -0.05) is 45.2 Å². The van der Waals surface area contributed by atoms with Crippen molar-refractivity contribution in [2.75, 3.05) is 20.2 Å². The highest BCUT2D eigenvalue weighted by Gasteiger charge is 2.36. The molecule has 2 amide bonds. The second-order valence-electron chi connectivity index (χ2n) is 8.27. The number of carbonyl (C=O) groups is 2. The number of benzene rings is 1. The highest BCUT2D eigenvalue weighted by atomic mass is 16.5. The van der Waals surface area contributed by atoms with Gasteiger partial charge in [-0.25, -0.2) is 0 Å². The molecule has 1 aromatic carbocycles. The molecule has 1 saturated heterocycles. The molecule has 1 aromatic rings. The van der Waals surface area contributed by atoms with Crippen molar-refractivity contribution < 1.29 is 14.3 Å². The minimum Gasteiger partial charge on any atom is -0.496 e. The van der Waals surface area contributed by atoms with Gasteiger partial charge in [0.05, 0.1) is 12.7 Å². The number of piperidine rings is 1. The minimum absolute atomic E-state index is 0.0280. The number of methoxy groups -OCH3 is 1. The van der Waals surface area contributed by atoms with Crippen LogP contribution < -0.4 is 10.1 Å². The van der Waals surface area contributed by atoms with Crippen LogP contribution in [-0.4, -0.2) is 43.0 Å². The summed E-state index contributed by atoms with van der Waals surface area (Å²) in [6.45, 7) is 5.63. The Morgan fingerprint density at radius 1 is 1.11 bits per heavy atom. The van der Waals surface area contributed by atoms with E-state index in [1.807, 2.05) is 24.8 Å². The van der Waals surface area contributed by atoms with E-state index in [2.05, 4.69) is 5.32 Å². The topological polar surface area (TPSA) is 58.6 Å². The summed E-state index contributed by atoms with van der Waals surface area (Å²) in [6, 6.07) is 6.60. The largest absolute Gasteiger partial charge is 0.496 e. The molecule has 0 radical (unpaired) electrons. The average molecular weight is 373 g/mol.